The van der Waals surface area contributed by atoms with Crippen molar-refractivity contribution in [2.45, 2.75) is 33.2 Å². The van der Waals surface area contributed by atoms with E-state index in [1.54, 1.807) is 11.3 Å². The first-order chi connectivity index (χ1) is 9.22. The van der Waals surface area contributed by atoms with E-state index in [-0.39, 0.29) is 0 Å². The van der Waals surface area contributed by atoms with E-state index >= 15 is 0 Å². The Morgan fingerprint density at radius 3 is 2.84 bits per heavy atom. The molecule has 19 heavy (non-hydrogen) atoms. The Morgan fingerprint density at radius 2 is 2.21 bits per heavy atom. The normalized spacial score (nSPS) is 10.7. The lowest BCUT2D eigenvalue weighted by Gasteiger charge is -2.08. The molecule has 0 aliphatic rings. The molecule has 0 saturated heterocycles. The Labute approximate surface area is 117 Å². The molecule has 0 bridgehead atoms. The molecule has 2 N–H and O–H groups in total. The fraction of sp³-hybridized carbons (Fsp3) is 0.429. The minimum Gasteiger partial charge on any atom is -0.477 e. The van der Waals surface area contributed by atoms with E-state index in [2.05, 4.69) is 16.9 Å². The van der Waals surface area contributed by atoms with Gasteiger partial charge in [0.15, 0.2) is 0 Å². The number of ether oxygens (including phenoxy) is 1. The van der Waals surface area contributed by atoms with Crippen LogP contribution in [0.15, 0.2) is 17.6 Å². The summed E-state index contributed by atoms with van der Waals surface area (Å²) in [5.74, 6) is 0.668. The molecule has 0 unspecified atom stereocenters. The van der Waals surface area contributed by atoms with Crippen molar-refractivity contribution in [2.24, 2.45) is 5.73 Å². The van der Waals surface area contributed by atoms with E-state index in [1.165, 1.54) is 4.88 Å². The zero-order valence-corrected chi connectivity index (χ0v) is 12.2. The predicted octanol–water partition coefficient (Wildman–Crippen LogP) is 2.49. The summed E-state index contributed by atoms with van der Waals surface area (Å²) >= 11 is 1.67. The summed E-state index contributed by atoms with van der Waals surface area (Å²) in [6, 6.07) is 3.94. The molecule has 0 aromatic carbocycles. The van der Waals surface area contributed by atoms with Crippen molar-refractivity contribution in [1.82, 2.24) is 9.97 Å². The molecule has 0 saturated carbocycles. The highest BCUT2D eigenvalue weighted by Crippen LogP contribution is 2.16. The molecule has 102 valence electrons. The van der Waals surface area contributed by atoms with Gasteiger partial charge in [-0.1, -0.05) is 6.92 Å². The van der Waals surface area contributed by atoms with Crippen LogP contribution in [-0.2, 0) is 19.4 Å². The van der Waals surface area contributed by atoms with Crippen molar-refractivity contribution < 1.29 is 4.74 Å². The molecule has 0 atom stereocenters. The number of nitrogens with two attached hydrogens (primary N) is 1. The molecule has 0 radical (unpaired) electrons. The fourth-order valence-corrected chi connectivity index (χ4v) is 2.57. The molecule has 5 heteroatoms. The van der Waals surface area contributed by atoms with Gasteiger partial charge in [0.05, 0.1) is 17.8 Å². The van der Waals surface area contributed by atoms with Gasteiger partial charge >= 0.3 is 0 Å². The minimum atomic E-state index is 0.514. The standard InChI is InChI=1S/C14H19N3OS/c1-3-12-6-11(8-15)7-14(17-12)18-5-4-13-10(2)16-9-19-13/h6-7,9H,3-5,8,15H2,1-2H3. The van der Waals surface area contributed by atoms with E-state index in [4.69, 9.17) is 10.5 Å². The summed E-state index contributed by atoms with van der Waals surface area (Å²) in [4.78, 5) is 9.95. The molecule has 0 amide bonds. The van der Waals surface area contributed by atoms with Gasteiger partial charge in [-0.3, -0.25) is 0 Å². The van der Waals surface area contributed by atoms with E-state index in [0.29, 0.717) is 19.0 Å². The largest absolute Gasteiger partial charge is 0.477 e. The first kappa shape index (κ1) is 14.0. The van der Waals surface area contributed by atoms with Crippen LogP contribution >= 0.6 is 11.3 Å². The lowest BCUT2D eigenvalue weighted by atomic mass is 10.2. The zero-order chi connectivity index (χ0) is 13.7. The smallest absolute Gasteiger partial charge is 0.213 e. The van der Waals surface area contributed by atoms with Gasteiger partial charge in [0.1, 0.15) is 0 Å². The third-order valence-electron chi connectivity index (χ3n) is 2.94. The number of pyridine rings is 1. The van der Waals surface area contributed by atoms with Gasteiger partial charge in [0.2, 0.25) is 5.88 Å². The molecule has 0 aliphatic heterocycles. The first-order valence-electron chi connectivity index (χ1n) is 6.44. The Morgan fingerprint density at radius 1 is 1.37 bits per heavy atom. The van der Waals surface area contributed by atoms with Crippen LogP contribution in [-0.4, -0.2) is 16.6 Å². The van der Waals surface area contributed by atoms with Gasteiger partial charge in [0.25, 0.3) is 0 Å². The SMILES string of the molecule is CCc1cc(CN)cc(OCCc2scnc2C)n1. The topological polar surface area (TPSA) is 61.0 Å². The highest BCUT2D eigenvalue weighted by atomic mass is 32.1. The number of hydrogen-bond donors (Lipinski definition) is 1. The molecule has 0 aliphatic carbocycles. The third-order valence-corrected chi connectivity index (χ3v) is 3.93. The minimum absolute atomic E-state index is 0.514. The summed E-state index contributed by atoms with van der Waals surface area (Å²) in [5, 5.41) is 0. The van der Waals surface area contributed by atoms with Gasteiger partial charge in [-0.05, 0) is 25.0 Å². The van der Waals surface area contributed by atoms with E-state index in [1.807, 2.05) is 24.6 Å². The van der Waals surface area contributed by atoms with Crippen molar-refractivity contribution in [3.8, 4) is 5.88 Å². The number of nitrogens with zero attached hydrogens (tertiary/aromatic N) is 2. The number of thiazole rings is 1. The summed E-state index contributed by atoms with van der Waals surface area (Å²) in [5.41, 5.74) is 10.7. The number of hydrogen-bond acceptors (Lipinski definition) is 5. The third kappa shape index (κ3) is 3.75. The van der Waals surface area contributed by atoms with Gasteiger partial charge in [0, 0.05) is 29.6 Å². The molecule has 2 aromatic rings. The highest BCUT2D eigenvalue weighted by Gasteiger charge is 2.04. The van der Waals surface area contributed by atoms with E-state index in [9.17, 15) is 0 Å². The van der Waals surface area contributed by atoms with Crippen molar-refractivity contribution in [3.05, 3.63) is 39.5 Å². The van der Waals surface area contributed by atoms with Crippen molar-refractivity contribution in [3.63, 3.8) is 0 Å². The van der Waals surface area contributed by atoms with Crippen LogP contribution in [0.4, 0.5) is 0 Å². The van der Waals surface area contributed by atoms with Crippen molar-refractivity contribution in [1.29, 1.82) is 0 Å². The number of rotatable bonds is 6. The average molecular weight is 277 g/mol. The maximum atomic E-state index is 5.73. The maximum Gasteiger partial charge on any atom is 0.213 e. The molecule has 0 fully saturated rings. The first-order valence-corrected chi connectivity index (χ1v) is 7.32. The second kappa shape index (κ2) is 6.63. The maximum absolute atomic E-state index is 5.73. The summed E-state index contributed by atoms with van der Waals surface area (Å²) in [7, 11) is 0. The number of aromatic nitrogens is 2. The molecule has 2 heterocycles. The predicted molar refractivity (Wildman–Crippen MR) is 77.6 cm³/mol. The van der Waals surface area contributed by atoms with E-state index in [0.717, 1.165) is 29.8 Å². The lowest BCUT2D eigenvalue weighted by Crippen LogP contribution is -2.06. The average Bonchev–Trinajstić information content (AvgIpc) is 2.84. The molecular formula is C14H19N3OS. The van der Waals surface area contributed by atoms with Crippen molar-refractivity contribution >= 4 is 11.3 Å². The van der Waals surface area contributed by atoms with Gasteiger partial charge in [-0.15, -0.1) is 11.3 Å². The van der Waals surface area contributed by atoms with E-state index < -0.39 is 0 Å². The molecule has 4 nitrogen and oxygen atoms in total. The second-order valence-corrected chi connectivity index (χ2v) is 5.26. The van der Waals surface area contributed by atoms with Gasteiger partial charge in [-0.2, -0.15) is 0 Å². The Kier molecular flexibility index (Phi) is 4.87. The summed E-state index contributed by atoms with van der Waals surface area (Å²) in [6.45, 7) is 5.23. The van der Waals surface area contributed by atoms with Crippen molar-refractivity contribution in [2.75, 3.05) is 6.61 Å². The summed E-state index contributed by atoms with van der Waals surface area (Å²) in [6.07, 6.45) is 1.75. The lowest BCUT2D eigenvalue weighted by molar-refractivity contribution is 0.309. The van der Waals surface area contributed by atoms with Crippen LogP contribution in [0.5, 0.6) is 5.88 Å². The molecule has 0 spiro atoms. The zero-order valence-electron chi connectivity index (χ0n) is 11.3. The van der Waals surface area contributed by atoms with Crippen LogP contribution in [0, 0.1) is 6.92 Å². The van der Waals surface area contributed by atoms with Crippen LogP contribution in [0.2, 0.25) is 0 Å². The molecule has 2 rings (SSSR count). The second-order valence-electron chi connectivity index (χ2n) is 4.32. The quantitative estimate of drug-likeness (QED) is 0.881. The van der Waals surface area contributed by atoms with Crippen LogP contribution < -0.4 is 10.5 Å². The Hall–Kier alpha value is -1.46. The highest BCUT2D eigenvalue weighted by molar-refractivity contribution is 7.09. The van der Waals surface area contributed by atoms with Crippen LogP contribution in [0.25, 0.3) is 0 Å². The monoisotopic (exact) mass is 277 g/mol. The molecule has 2 aromatic heterocycles. The number of aryl methyl sites for hydroxylation is 2. The van der Waals surface area contributed by atoms with Crippen LogP contribution in [0.3, 0.4) is 0 Å². The van der Waals surface area contributed by atoms with Crippen LogP contribution in [0.1, 0.15) is 28.8 Å². The summed E-state index contributed by atoms with van der Waals surface area (Å²) < 4.78 is 5.73. The van der Waals surface area contributed by atoms with Gasteiger partial charge < -0.3 is 10.5 Å². The fourth-order valence-electron chi connectivity index (χ4n) is 1.81. The Balaban J connectivity index is 1.97. The Bertz CT molecular complexity index is 517. The molecular weight excluding hydrogens is 258 g/mol. The van der Waals surface area contributed by atoms with Gasteiger partial charge in [-0.25, -0.2) is 9.97 Å².